The molecule has 1 fully saturated rings. The number of urea groups is 1. The Morgan fingerprint density at radius 3 is 2.39 bits per heavy atom. The third-order valence-corrected chi connectivity index (χ3v) is 3.86. The fraction of sp³-hybridized carbons (Fsp3) is 0.933. The van der Waals surface area contributed by atoms with E-state index in [0.717, 1.165) is 44.2 Å². The lowest BCUT2D eigenvalue weighted by Gasteiger charge is -2.31. The van der Waals surface area contributed by atoms with Gasteiger partial charge in [-0.15, -0.1) is 0 Å². The van der Waals surface area contributed by atoms with Gasteiger partial charge in [-0.1, -0.05) is 33.6 Å². The second-order valence-electron chi connectivity index (χ2n) is 6.34. The van der Waals surface area contributed by atoms with Crippen LogP contribution in [0.25, 0.3) is 0 Å². The molecule has 3 nitrogen and oxygen atoms in total. The maximum absolute atomic E-state index is 12.0. The fourth-order valence-electron chi connectivity index (χ4n) is 2.42. The molecule has 0 bridgehead atoms. The third-order valence-electron chi connectivity index (χ3n) is 3.86. The molecule has 1 saturated heterocycles. The molecule has 0 aliphatic carbocycles. The Labute approximate surface area is 112 Å². The molecule has 1 atom stereocenters. The SMILES string of the molecule is CC(C)CCCC(C)NC(=O)N1CCC(C)CC1. The Balaban J connectivity index is 2.18. The van der Waals surface area contributed by atoms with Gasteiger partial charge in [-0.3, -0.25) is 0 Å². The summed E-state index contributed by atoms with van der Waals surface area (Å²) in [6.07, 6.45) is 5.84. The van der Waals surface area contributed by atoms with Crippen molar-refractivity contribution in [3.8, 4) is 0 Å². The van der Waals surface area contributed by atoms with Gasteiger partial charge < -0.3 is 10.2 Å². The van der Waals surface area contributed by atoms with E-state index in [1.54, 1.807) is 0 Å². The average Bonchev–Trinajstić information content (AvgIpc) is 2.29. The van der Waals surface area contributed by atoms with Gasteiger partial charge in [0.2, 0.25) is 0 Å². The minimum absolute atomic E-state index is 0.138. The number of nitrogens with one attached hydrogen (secondary N) is 1. The smallest absolute Gasteiger partial charge is 0.317 e. The molecule has 106 valence electrons. The van der Waals surface area contributed by atoms with Crippen molar-refractivity contribution in [3.63, 3.8) is 0 Å². The first-order valence-electron chi connectivity index (χ1n) is 7.54. The van der Waals surface area contributed by atoms with E-state index >= 15 is 0 Å². The molecule has 1 unspecified atom stereocenters. The van der Waals surface area contributed by atoms with Crippen molar-refractivity contribution >= 4 is 6.03 Å². The van der Waals surface area contributed by atoms with E-state index in [2.05, 4.69) is 33.0 Å². The standard InChI is InChI=1S/C15H30N2O/c1-12(2)6-5-7-14(4)16-15(18)17-10-8-13(3)9-11-17/h12-14H,5-11H2,1-4H3,(H,16,18). The molecule has 0 aromatic rings. The highest BCUT2D eigenvalue weighted by atomic mass is 16.2. The maximum Gasteiger partial charge on any atom is 0.317 e. The minimum Gasteiger partial charge on any atom is -0.336 e. The summed E-state index contributed by atoms with van der Waals surface area (Å²) in [6, 6.07) is 0.439. The van der Waals surface area contributed by atoms with Crippen molar-refractivity contribution in [1.29, 1.82) is 0 Å². The summed E-state index contributed by atoms with van der Waals surface area (Å²) in [5.74, 6) is 1.54. The zero-order valence-electron chi connectivity index (χ0n) is 12.5. The molecule has 1 aliphatic heterocycles. The second kappa shape index (κ2) is 7.65. The predicted molar refractivity (Wildman–Crippen MR) is 76.7 cm³/mol. The molecule has 0 radical (unpaired) electrons. The quantitative estimate of drug-likeness (QED) is 0.798. The van der Waals surface area contributed by atoms with Crippen LogP contribution in [0.5, 0.6) is 0 Å². The molecule has 3 heteroatoms. The van der Waals surface area contributed by atoms with Crippen molar-refractivity contribution < 1.29 is 4.79 Å². The Bertz CT molecular complexity index is 245. The Morgan fingerprint density at radius 2 is 1.83 bits per heavy atom. The van der Waals surface area contributed by atoms with Crippen LogP contribution in [0.15, 0.2) is 0 Å². The summed E-state index contributed by atoms with van der Waals surface area (Å²) in [5, 5.41) is 3.13. The number of piperidine rings is 1. The first kappa shape index (κ1) is 15.3. The second-order valence-corrected chi connectivity index (χ2v) is 6.34. The largest absolute Gasteiger partial charge is 0.336 e. The molecule has 1 aliphatic rings. The van der Waals surface area contributed by atoms with E-state index in [1.165, 1.54) is 12.8 Å². The number of carbonyl (C=O) groups is 1. The van der Waals surface area contributed by atoms with Crippen LogP contribution in [-0.2, 0) is 0 Å². The molecular weight excluding hydrogens is 224 g/mol. The average molecular weight is 254 g/mol. The van der Waals surface area contributed by atoms with Crippen LogP contribution in [0.2, 0.25) is 0 Å². The van der Waals surface area contributed by atoms with Crippen LogP contribution in [0.3, 0.4) is 0 Å². The van der Waals surface area contributed by atoms with E-state index < -0.39 is 0 Å². The Kier molecular flexibility index (Phi) is 6.51. The van der Waals surface area contributed by atoms with Gasteiger partial charge in [-0.25, -0.2) is 4.79 Å². The number of hydrogen-bond donors (Lipinski definition) is 1. The molecule has 1 heterocycles. The summed E-state index contributed by atoms with van der Waals surface area (Å²) in [5.41, 5.74) is 0. The van der Waals surface area contributed by atoms with E-state index in [1.807, 2.05) is 4.90 Å². The maximum atomic E-state index is 12.0. The summed E-state index contributed by atoms with van der Waals surface area (Å²) in [6.45, 7) is 10.7. The minimum atomic E-state index is 0.138. The van der Waals surface area contributed by atoms with E-state index in [0.29, 0.717) is 6.04 Å². The van der Waals surface area contributed by atoms with Crippen LogP contribution in [0, 0.1) is 11.8 Å². The summed E-state index contributed by atoms with van der Waals surface area (Å²) in [4.78, 5) is 14.0. The zero-order valence-corrected chi connectivity index (χ0v) is 12.5. The molecule has 2 amide bonds. The highest BCUT2D eigenvalue weighted by molar-refractivity contribution is 5.74. The van der Waals surface area contributed by atoms with E-state index in [4.69, 9.17) is 0 Å². The van der Waals surface area contributed by atoms with Crippen molar-refractivity contribution in [2.24, 2.45) is 11.8 Å². The van der Waals surface area contributed by atoms with Gasteiger partial charge in [0.25, 0.3) is 0 Å². The van der Waals surface area contributed by atoms with Crippen LogP contribution < -0.4 is 5.32 Å². The van der Waals surface area contributed by atoms with Crippen LogP contribution in [-0.4, -0.2) is 30.1 Å². The van der Waals surface area contributed by atoms with Gasteiger partial charge in [-0.05, 0) is 38.0 Å². The fourth-order valence-corrected chi connectivity index (χ4v) is 2.42. The van der Waals surface area contributed by atoms with Gasteiger partial charge in [-0.2, -0.15) is 0 Å². The van der Waals surface area contributed by atoms with Gasteiger partial charge >= 0.3 is 6.03 Å². The number of amides is 2. The normalized spacial score (nSPS) is 19.1. The molecule has 0 aromatic carbocycles. The summed E-state index contributed by atoms with van der Waals surface area (Å²) in [7, 11) is 0. The van der Waals surface area contributed by atoms with Crippen LogP contribution in [0.4, 0.5) is 4.79 Å². The number of nitrogens with zero attached hydrogens (tertiary/aromatic N) is 1. The highest BCUT2D eigenvalue weighted by Crippen LogP contribution is 2.16. The van der Waals surface area contributed by atoms with Crippen LogP contribution >= 0.6 is 0 Å². The summed E-state index contributed by atoms with van der Waals surface area (Å²) < 4.78 is 0. The molecule has 18 heavy (non-hydrogen) atoms. The zero-order chi connectivity index (χ0) is 13.5. The van der Waals surface area contributed by atoms with Crippen molar-refractivity contribution in [3.05, 3.63) is 0 Å². The summed E-state index contributed by atoms with van der Waals surface area (Å²) >= 11 is 0. The Hall–Kier alpha value is -0.730. The number of hydrogen-bond acceptors (Lipinski definition) is 1. The molecule has 0 spiro atoms. The monoisotopic (exact) mass is 254 g/mol. The highest BCUT2D eigenvalue weighted by Gasteiger charge is 2.20. The lowest BCUT2D eigenvalue weighted by atomic mass is 9.99. The topological polar surface area (TPSA) is 32.3 Å². The van der Waals surface area contributed by atoms with Crippen molar-refractivity contribution in [1.82, 2.24) is 10.2 Å². The molecule has 1 N–H and O–H groups in total. The van der Waals surface area contributed by atoms with E-state index in [-0.39, 0.29) is 6.03 Å². The Morgan fingerprint density at radius 1 is 1.22 bits per heavy atom. The van der Waals surface area contributed by atoms with Gasteiger partial charge in [0, 0.05) is 19.1 Å². The molecule has 1 rings (SSSR count). The lowest BCUT2D eigenvalue weighted by molar-refractivity contribution is 0.170. The predicted octanol–water partition coefficient (Wildman–Crippen LogP) is 3.64. The van der Waals surface area contributed by atoms with Gasteiger partial charge in [0.05, 0.1) is 0 Å². The van der Waals surface area contributed by atoms with Gasteiger partial charge in [0.1, 0.15) is 0 Å². The van der Waals surface area contributed by atoms with Gasteiger partial charge in [0.15, 0.2) is 0 Å². The van der Waals surface area contributed by atoms with Crippen molar-refractivity contribution in [2.75, 3.05) is 13.1 Å². The first-order chi connectivity index (χ1) is 8.49. The molecular formula is C15H30N2O. The third kappa shape index (κ3) is 5.74. The molecule has 0 aromatic heterocycles. The van der Waals surface area contributed by atoms with Crippen molar-refractivity contribution in [2.45, 2.75) is 65.8 Å². The molecule has 0 saturated carbocycles. The van der Waals surface area contributed by atoms with Crippen LogP contribution in [0.1, 0.15) is 59.8 Å². The number of likely N-dealkylation sites (tertiary alicyclic amines) is 1. The number of carbonyl (C=O) groups excluding carboxylic acids is 1. The lowest BCUT2D eigenvalue weighted by Crippen LogP contribution is -2.46. The van der Waals surface area contributed by atoms with E-state index in [9.17, 15) is 4.79 Å². The number of rotatable bonds is 5. The first-order valence-corrected chi connectivity index (χ1v) is 7.54.